The summed E-state index contributed by atoms with van der Waals surface area (Å²) in [5.74, 6) is 0.505. The Morgan fingerprint density at radius 1 is 1.40 bits per heavy atom. The minimum Gasteiger partial charge on any atom is -0.321 e. The van der Waals surface area contributed by atoms with Crippen LogP contribution < -0.4 is 5.32 Å². The first-order valence-corrected chi connectivity index (χ1v) is 5.24. The number of hydrogen-bond donors (Lipinski definition) is 1. The average molecular weight is 205 g/mol. The van der Waals surface area contributed by atoms with E-state index in [1.807, 2.05) is 10.8 Å². The predicted molar refractivity (Wildman–Crippen MR) is 56.3 cm³/mol. The molecule has 2 rings (SSSR count). The molecule has 0 saturated carbocycles. The maximum Gasteiger partial charge on any atom is 0.212 e. The van der Waals surface area contributed by atoms with Crippen molar-refractivity contribution in [1.29, 1.82) is 5.26 Å². The minimum atomic E-state index is 0.505. The lowest BCUT2D eigenvalue weighted by Crippen LogP contribution is -2.44. The zero-order valence-electron chi connectivity index (χ0n) is 8.69. The molecule has 5 heteroatoms. The Morgan fingerprint density at radius 2 is 2.20 bits per heavy atom. The number of nitrogens with zero attached hydrogens (tertiary/aromatic N) is 4. The number of nitrogens with one attached hydrogen (secondary N) is 1. The zero-order chi connectivity index (χ0) is 10.5. The van der Waals surface area contributed by atoms with Gasteiger partial charge in [-0.05, 0) is 0 Å². The highest BCUT2D eigenvalue weighted by atomic mass is 15.2. The summed E-state index contributed by atoms with van der Waals surface area (Å²) >= 11 is 0. The SMILES string of the molecule is N#Cc1nccn1CCN1CCNCC1. The van der Waals surface area contributed by atoms with E-state index in [0.29, 0.717) is 5.82 Å². The molecule has 1 fully saturated rings. The molecule has 0 aromatic carbocycles. The number of nitriles is 1. The molecule has 1 aliphatic rings. The van der Waals surface area contributed by atoms with Crippen LogP contribution in [0.25, 0.3) is 0 Å². The van der Waals surface area contributed by atoms with Crippen molar-refractivity contribution >= 4 is 0 Å². The second kappa shape index (κ2) is 4.91. The van der Waals surface area contributed by atoms with Gasteiger partial charge in [0.25, 0.3) is 0 Å². The zero-order valence-corrected chi connectivity index (χ0v) is 8.69. The number of hydrogen-bond acceptors (Lipinski definition) is 4. The van der Waals surface area contributed by atoms with Crippen LogP contribution in [0.4, 0.5) is 0 Å². The van der Waals surface area contributed by atoms with Crippen molar-refractivity contribution in [1.82, 2.24) is 19.8 Å². The normalized spacial score (nSPS) is 17.5. The number of imidazole rings is 1. The first-order chi connectivity index (χ1) is 7.40. The van der Waals surface area contributed by atoms with Crippen LogP contribution in [0.2, 0.25) is 0 Å². The second-order valence-electron chi connectivity index (χ2n) is 3.65. The highest BCUT2D eigenvalue weighted by molar-refractivity contribution is 5.10. The molecular weight excluding hydrogens is 190 g/mol. The number of aromatic nitrogens is 2. The summed E-state index contributed by atoms with van der Waals surface area (Å²) in [7, 11) is 0. The Kier molecular flexibility index (Phi) is 3.33. The Morgan fingerprint density at radius 3 is 2.93 bits per heavy atom. The number of rotatable bonds is 3. The van der Waals surface area contributed by atoms with E-state index in [2.05, 4.69) is 21.3 Å². The molecule has 15 heavy (non-hydrogen) atoms. The molecule has 1 aromatic heterocycles. The van der Waals surface area contributed by atoms with Gasteiger partial charge in [-0.25, -0.2) is 4.98 Å². The molecule has 80 valence electrons. The average Bonchev–Trinajstić information content (AvgIpc) is 2.75. The lowest BCUT2D eigenvalue weighted by molar-refractivity contribution is 0.232. The van der Waals surface area contributed by atoms with Gasteiger partial charge in [0.2, 0.25) is 5.82 Å². The lowest BCUT2D eigenvalue weighted by atomic mass is 10.3. The second-order valence-corrected chi connectivity index (χ2v) is 3.65. The molecule has 1 aliphatic heterocycles. The molecule has 1 aromatic rings. The fourth-order valence-electron chi connectivity index (χ4n) is 1.79. The third-order valence-electron chi connectivity index (χ3n) is 2.68. The molecule has 1 saturated heterocycles. The monoisotopic (exact) mass is 205 g/mol. The fraction of sp³-hybridized carbons (Fsp3) is 0.600. The van der Waals surface area contributed by atoms with Crippen LogP contribution in [-0.4, -0.2) is 47.2 Å². The molecule has 0 aliphatic carbocycles. The first-order valence-electron chi connectivity index (χ1n) is 5.24. The molecular formula is C10H15N5. The molecule has 0 bridgehead atoms. The van der Waals surface area contributed by atoms with Gasteiger partial charge in [0, 0.05) is 51.7 Å². The van der Waals surface area contributed by atoms with Gasteiger partial charge in [-0.1, -0.05) is 0 Å². The van der Waals surface area contributed by atoms with Gasteiger partial charge in [0.1, 0.15) is 6.07 Å². The van der Waals surface area contributed by atoms with Gasteiger partial charge in [-0.3, -0.25) is 4.90 Å². The van der Waals surface area contributed by atoms with Gasteiger partial charge in [0.05, 0.1) is 0 Å². The van der Waals surface area contributed by atoms with E-state index in [1.165, 1.54) is 0 Å². The minimum absolute atomic E-state index is 0.505. The first kappa shape index (κ1) is 10.1. The van der Waals surface area contributed by atoms with Crippen LogP contribution in [0.5, 0.6) is 0 Å². The van der Waals surface area contributed by atoms with E-state index in [1.54, 1.807) is 6.20 Å². The molecule has 5 nitrogen and oxygen atoms in total. The van der Waals surface area contributed by atoms with Crippen LogP contribution in [0.3, 0.4) is 0 Å². The Labute approximate surface area is 89.3 Å². The maximum atomic E-state index is 8.79. The van der Waals surface area contributed by atoms with Crippen LogP contribution in [-0.2, 0) is 6.54 Å². The van der Waals surface area contributed by atoms with Crippen LogP contribution in [0, 0.1) is 11.3 Å². The summed E-state index contributed by atoms with van der Waals surface area (Å²) in [6.45, 7) is 6.16. The Balaban J connectivity index is 1.85. The Bertz CT molecular complexity index is 345. The van der Waals surface area contributed by atoms with E-state index in [9.17, 15) is 0 Å². The molecule has 0 unspecified atom stereocenters. The van der Waals surface area contributed by atoms with E-state index in [4.69, 9.17) is 5.26 Å². The quantitative estimate of drug-likeness (QED) is 0.733. The predicted octanol–water partition coefficient (Wildman–Crippen LogP) is -0.340. The maximum absolute atomic E-state index is 8.79. The molecule has 0 atom stereocenters. The summed E-state index contributed by atoms with van der Waals surface area (Å²) in [5.41, 5.74) is 0. The lowest BCUT2D eigenvalue weighted by Gasteiger charge is -2.27. The smallest absolute Gasteiger partial charge is 0.212 e. The third kappa shape index (κ3) is 2.55. The van der Waals surface area contributed by atoms with E-state index < -0.39 is 0 Å². The van der Waals surface area contributed by atoms with Crippen molar-refractivity contribution in [2.75, 3.05) is 32.7 Å². The van der Waals surface area contributed by atoms with E-state index >= 15 is 0 Å². The van der Waals surface area contributed by atoms with Crippen molar-refractivity contribution < 1.29 is 0 Å². The fourth-order valence-corrected chi connectivity index (χ4v) is 1.79. The summed E-state index contributed by atoms with van der Waals surface area (Å²) < 4.78 is 1.90. The van der Waals surface area contributed by atoms with Crippen molar-refractivity contribution in [3.8, 4) is 6.07 Å². The van der Waals surface area contributed by atoms with Crippen molar-refractivity contribution in [2.24, 2.45) is 0 Å². The van der Waals surface area contributed by atoms with Crippen LogP contribution >= 0.6 is 0 Å². The summed E-state index contributed by atoms with van der Waals surface area (Å²) in [6.07, 6.45) is 3.54. The topological polar surface area (TPSA) is 56.9 Å². The summed E-state index contributed by atoms with van der Waals surface area (Å²) in [6, 6.07) is 2.08. The van der Waals surface area contributed by atoms with Crippen LogP contribution in [0.15, 0.2) is 12.4 Å². The summed E-state index contributed by atoms with van der Waals surface area (Å²) in [5, 5.41) is 12.1. The van der Waals surface area contributed by atoms with Gasteiger partial charge < -0.3 is 9.88 Å². The van der Waals surface area contributed by atoms with Crippen molar-refractivity contribution in [3.63, 3.8) is 0 Å². The van der Waals surface area contributed by atoms with Gasteiger partial charge in [-0.15, -0.1) is 0 Å². The van der Waals surface area contributed by atoms with Gasteiger partial charge in [-0.2, -0.15) is 5.26 Å². The third-order valence-corrected chi connectivity index (χ3v) is 2.68. The van der Waals surface area contributed by atoms with Crippen LogP contribution in [0.1, 0.15) is 5.82 Å². The molecule has 1 N–H and O–H groups in total. The largest absolute Gasteiger partial charge is 0.321 e. The van der Waals surface area contributed by atoms with Gasteiger partial charge >= 0.3 is 0 Å². The summed E-state index contributed by atoms with van der Waals surface area (Å²) in [4.78, 5) is 6.37. The Hall–Kier alpha value is -1.38. The molecule has 0 amide bonds. The van der Waals surface area contributed by atoms with Crippen molar-refractivity contribution in [3.05, 3.63) is 18.2 Å². The van der Waals surface area contributed by atoms with E-state index in [0.717, 1.165) is 39.3 Å². The highest BCUT2D eigenvalue weighted by Gasteiger charge is 2.09. The molecule has 0 radical (unpaired) electrons. The number of piperazine rings is 1. The van der Waals surface area contributed by atoms with Crippen molar-refractivity contribution in [2.45, 2.75) is 6.54 Å². The standard InChI is InChI=1S/C10H15N5/c11-9-10-13-3-6-15(10)8-7-14-4-1-12-2-5-14/h3,6,12H,1-2,4-5,7-8H2. The molecule has 0 spiro atoms. The van der Waals surface area contributed by atoms with E-state index in [-0.39, 0.29) is 0 Å². The van der Waals surface area contributed by atoms with Gasteiger partial charge in [0.15, 0.2) is 0 Å². The highest BCUT2D eigenvalue weighted by Crippen LogP contribution is 1.98. The molecule has 2 heterocycles.